The lowest BCUT2D eigenvalue weighted by Crippen LogP contribution is -2.21. The summed E-state index contributed by atoms with van der Waals surface area (Å²) in [6, 6.07) is 5.46. The van der Waals surface area contributed by atoms with Gasteiger partial charge in [0, 0.05) is 26.2 Å². The molecule has 1 aromatic carbocycles. The van der Waals surface area contributed by atoms with E-state index in [9.17, 15) is 4.79 Å². The maximum atomic E-state index is 11.8. The molecule has 0 aliphatic carbocycles. The van der Waals surface area contributed by atoms with Gasteiger partial charge in [-0.1, -0.05) is 0 Å². The molecule has 0 fully saturated rings. The van der Waals surface area contributed by atoms with E-state index in [0.29, 0.717) is 10.8 Å². The van der Waals surface area contributed by atoms with Gasteiger partial charge in [0.2, 0.25) is 5.28 Å². The lowest BCUT2D eigenvalue weighted by atomic mass is 10.2. The second kappa shape index (κ2) is 4.37. The second-order valence-corrected chi connectivity index (χ2v) is 4.37. The molecule has 5 heteroatoms. The molecule has 1 aromatic heterocycles. The normalized spacial score (nSPS) is 10.8. The van der Waals surface area contributed by atoms with Gasteiger partial charge in [-0.25, -0.2) is 4.98 Å². The number of nitrogens with zero attached hydrogens (tertiary/aromatic N) is 3. The van der Waals surface area contributed by atoms with Gasteiger partial charge in [0.25, 0.3) is 5.91 Å². The number of hydrogen-bond acceptors (Lipinski definition) is 2. The minimum atomic E-state index is -0.0333. The molecule has 0 N–H and O–H groups in total. The maximum absolute atomic E-state index is 11.8. The van der Waals surface area contributed by atoms with Crippen molar-refractivity contribution in [2.24, 2.45) is 0 Å². The highest BCUT2D eigenvalue weighted by molar-refractivity contribution is 6.29. The van der Waals surface area contributed by atoms with E-state index >= 15 is 0 Å². The number of amides is 1. The van der Waals surface area contributed by atoms with Crippen LogP contribution >= 0.6 is 11.6 Å². The predicted octanol–water partition coefficient (Wildman–Crippen LogP) is 2.41. The molecule has 90 valence electrons. The van der Waals surface area contributed by atoms with E-state index in [2.05, 4.69) is 4.98 Å². The lowest BCUT2D eigenvalue weighted by Gasteiger charge is -2.09. The highest BCUT2D eigenvalue weighted by Gasteiger charge is 2.12. The Labute approximate surface area is 105 Å². The van der Waals surface area contributed by atoms with Crippen molar-refractivity contribution in [3.8, 4) is 0 Å². The van der Waals surface area contributed by atoms with Crippen LogP contribution < -0.4 is 0 Å². The van der Waals surface area contributed by atoms with Crippen molar-refractivity contribution in [3.63, 3.8) is 0 Å². The first-order chi connectivity index (χ1) is 8.04. The van der Waals surface area contributed by atoms with Crippen molar-refractivity contribution in [3.05, 3.63) is 29.0 Å². The van der Waals surface area contributed by atoms with Gasteiger partial charge in [-0.3, -0.25) is 4.79 Å². The fraction of sp³-hybridized carbons (Fsp3) is 0.333. The summed E-state index contributed by atoms with van der Waals surface area (Å²) in [5, 5.41) is 0.456. The van der Waals surface area contributed by atoms with Crippen molar-refractivity contribution in [2.75, 3.05) is 14.1 Å². The van der Waals surface area contributed by atoms with Gasteiger partial charge in [-0.05, 0) is 36.7 Å². The average molecular weight is 252 g/mol. The molecule has 4 nitrogen and oxygen atoms in total. The highest BCUT2D eigenvalue weighted by atomic mass is 35.5. The van der Waals surface area contributed by atoms with Crippen LogP contribution in [0.5, 0.6) is 0 Å². The topological polar surface area (TPSA) is 38.1 Å². The van der Waals surface area contributed by atoms with Crippen LogP contribution in [0.15, 0.2) is 18.2 Å². The van der Waals surface area contributed by atoms with Crippen LogP contribution in [0, 0.1) is 0 Å². The first-order valence-corrected chi connectivity index (χ1v) is 5.79. The summed E-state index contributed by atoms with van der Waals surface area (Å²) < 4.78 is 1.90. The SMILES string of the molecule is CCn1c(Cl)nc2cc(C(=O)N(C)C)ccc21. The first kappa shape index (κ1) is 11.9. The van der Waals surface area contributed by atoms with Crippen molar-refractivity contribution in [2.45, 2.75) is 13.5 Å². The van der Waals surface area contributed by atoms with Gasteiger partial charge in [0.05, 0.1) is 11.0 Å². The van der Waals surface area contributed by atoms with E-state index in [-0.39, 0.29) is 5.91 Å². The molecular formula is C12H14ClN3O. The van der Waals surface area contributed by atoms with Gasteiger partial charge in [-0.15, -0.1) is 0 Å². The number of benzene rings is 1. The van der Waals surface area contributed by atoms with Crippen molar-refractivity contribution >= 4 is 28.5 Å². The van der Waals surface area contributed by atoms with Gasteiger partial charge in [0.15, 0.2) is 0 Å². The molecule has 0 radical (unpaired) electrons. The number of imidazole rings is 1. The second-order valence-electron chi connectivity index (χ2n) is 4.03. The molecule has 1 heterocycles. The number of rotatable bonds is 2. The van der Waals surface area contributed by atoms with Crippen molar-refractivity contribution in [1.29, 1.82) is 0 Å². The molecule has 0 aliphatic rings. The van der Waals surface area contributed by atoms with Crippen LogP contribution in [-0.4, -0.2) is 34.5 Å². The Morgan fingerprint density at radius 2 is 2.18 bits per heavy atom. The summed E-state index contributed by atoms with van der Waals surface area (Å²) in [4.78, 5) is 17.6. The zero-order valence-electron chi connectivity index (χ0n) is 10.1. The van der Waals surface area contributed by atoms with E-state index < -0.39 is 0 Å². The van der Waals surface area contributed by atoms with E-state index in [1.807, 2.05) is 17.6 Å². The maximum Gasteiger partial charge on any atom is 0.253 e. The zero-order chi connectivity index (χ0) is 12.6. The Morgan fingerprint density at radius 3 is 2.76 bits per heavy atom. The van der Waals surface area contributed by atoms with E-state index in [0.717, 1.165) is 17.6 Å². The van der Waals surface area contributed by atoms with E-state index in [1.165, 1.54) is 0 Å². The van der Waals surface area contributed by atoms with Crippen LogP contribution in [0.2, 0.25) is 5.28 Å². The first-order valence-electron chi connectivity index (χ1n) is 5.42. The Balaban J connectivity index is 2.56. The molecular weight excluding hydrogens is 238 g/mol. The highest BCUT2D eigenvalue weighted by Crippen LogP contribution is 2.21. The number of carbonyl (C=O) groups excluding carboxylic acids is 1. The summed E-state index contributed by atoms with van der Waals surface area (Å²) in [6.07, 6.45) is 0. The molecule has 0 bridgehead atoms. The molecule has 0 saturated carbocycles. The van der Waals surface area contributed by atoms with Crippen LogP contribution in [0.3, 0.4) is 0 Å². The summed E-state index contributed by atoms with van der Waals surface area (Å²) in [6.45, 7) is 2.77. The molecule has 2 rings (SSSR count). The third-order valence-electron chi connectivity index (χ3n) is 2.67. The minimum Gasteiger partial charge on any atom is -0.345 e. The molecule has 0 atom stereocenters. The fourth-order valence-corrected chi connectivity index (χ4v) is 2.09. The molecule has 1 amide bonds. The largest absolute Gasteiger partial charge is 0.345 e. The van der Waals surface area contributed by atoms with Gasteiger partial charge in [-0.2, -0.15) is 0 Å². The Bertz CT molecular complexity index is 574. The molecule has 0 spiro atoms. The monoisotopic (exact) mass is 251 g/mol. The minimum absolute atomic E-state index is 0.0333. The predicted molar refractivity (Wildman–Crippen MR) is 68.4 cm³/mol. The standard InChI is InChI=1S/C12H14ClN3O/c1-4-16-10-6-5-8(11(17)15(2)3)7-9(10)14-12(16)13/h5-7H,4H2,1-3H3. The molecule has 0 unspecified atom stereocenters. The summed E-state index contributed by atoms with van der Waals surface area (Å²) in [7, 11) is 3.45. The molecule has 17 heavy (non-hydrogen) atoms. The summed E-state index contributed by atoms with van der Waals surface area (Å²) >= 11 is 6.02. The number of halogens is 1. The van der Waals surface area contributed by atoms with Crippen LogP contribution in [0.25, 0.3) is 11.0 Å². The van der Waals surface area contributed by atoms with Crippen LogP contribution in [0.1, 0.15) is 17.3 Å². The number of hydrogen-bond donors (Lipinski definition) is 0. The molecule has 0 aliphatic heterocycles. The van der Waals surface area contributed by atoms with Gasteiger partial charge in [0.1, 0.15) is 0 Å². The van der Waals surface area contributed by atoms with E-state index in [4.69, 9.17) is 11.6 Å². The quantitative estimate of drug-likeness (QED) is 0.822. The van der Waals surface area contributed by atoms with Gasteiger partial charge < -0.3 is 9.47 Å². The van der Waals surface area contributed by atoms with E-state index in [1.54, 1.807) is 31.1 Å². The smallest absolute Gasteiger partial charge is 0.253 e. The molecule has 2 aromatic rings. The number of aryl methyl sites for hydroxylation is 1. The third kappa shape index (κ3) is 2.00. The fourth-order valence-electron chi connectivity index (χ4n) is 1.79. The molecule has 0 saturated heterocycles. The van der Waals surface area contributed by atoms with Crippen molar-refractivity contribution < 1.29 is 4.79 Å². The Hall–Kier alpha value is -1.55. The Morgan fingerprint density at radius 1 is 1.47 bits per heavy atom. The lowest BCUT2D eigenvalue weighted by molar-refractivity contribution is 0.0828. The zero-order valence-corrected chi connectivity index (χ0v) is 10.8. The third-order valence-corrected chi connectivity index (χ3v) is 2.96. The Kier molecular flexibility index (Phi) is 3.07. The summed E-state index contributed by atoms with van der Waals surface area (Å²) in [5.41, 5.74) is 2.33. The average Bonchev–Trinajstić information content (AvgIpc) is 2.61. The number of carbonyl (C=O) groups is 1. The number of fused-ring (bicyclic) bond motifs is 1. The van der Waals surface area contributed by atoms with Crippen LogP contribution in [0.4, 0.5) is 0 Å². The van der Waals surface area contributed by atoms with Gasteiger partial charge >= 0.3 is 0 Å². The van der Waals surface area contributed by atoms with Crippen LogP contribution in [-0.2, 0) is 6.54 Å². The number of aromatic nitrogens is 2. The van der Waals surface area contributed by atoms with Crippen molar-refractivity contribution in [1.82, 2.24) is 14.5 Å². The summed E-state index contributed by atoms with van der Waals surface area (Å²) in [5.74, 6) is -0.0333.